The van der Waals surface area contributed by atoms with Gasteiger partial charge in [-0.2, -0.15) is 0 Å². The number of benzene rings is 7. The fraction of sp³-hybridized carbons (Fsp3) is 0.523. The van der Waals surface area contributed by atoms with Gasteiger partial charge in [-0.05, 0) is 248 Å². The Labute approximate surface area is 645 Å². The van der Waals surface area contributed by atoms with E-state index < -0.39 is 40.1 Å². The lowest BCUT2D eigenvalue weighted by Crippen LogP contribution is -2.30. The maximum absolute atomic E-state index is 12.1. The summed E-state index contributed by atoms with van der Waals surface area (Å²) in [6.45, 7) is 59.4. The molecule has 1 aliphatic carbocycles. The Hall–Kier alpha value is -6.22. The first-order chi connectivity index (χ1) is 48.9. The largest absolute Gasteiger partial charge is 0.493 e. The Morgan fingerprint density at radius 1 is 0.406 bits per heavy atom. The Balaban J connectivity index is 0.000000421. The smallest absolute Gasteiger partial charge is 0.242 e. The van der Waals surface area contributed by atoms with Crippen molar-refractivity contribution in [2.24, 2.45) is 0 Å². The number of sulfonamides is 4. The molecule has 0 heterocycles. The molecular formula is C88H136N4O10S4. The topological polar surface area (TPSA) is 194 Å². The molecule has 1 aliphatic rings. The van der Waals surface area contributed by atoms with Gasteiger partial charge in [0, 0.05) is 32.7 Å². The van der Waals surface area contributed by atoms with Crippen LogP contribution in [0.1, 0.15) is 290 Å². The molecule has 0 aromatic heterocycles. The monoisotopic (exact) mass is 1540 g/mol. The predicted octanol–water partition coefficient (Wildman–Crippen LogP) is 21.6. The molecule has 0 saturated heterocycles. The third kappa shape index (κ3) is 31.0. The van der Waals surface area contributed by atoms with Crippen LogP contribution in [0.4, 0.5) is 0 Å². The number of rotatable bonds is 22. The number of methoxy groups -OCH3 is 1. The van der Waals surface area contributed by atoms with E-state index in [2.05, 4.69) is 208 Å². The van der Waals surface area contributed by atoms with Gasteiger partial charge in [0.05, 0.1) is 33.3 Å². The summed E-state index contributed by atoms with van der Waals surface area (Å²) in [4.78, 5) is 1.55. The van der Waals surface area contributed by atoms with Gasteiger partial charge in [-0.1, -0.05) is 223 Å². The molecule has 8 rings (SSSR count). The van der Waals surface area contributed by atoms with Gasteiger partial charge in [0.2, 0.25) is 40.1 Å². The van der Waals surface area contributed by atoms with E-state index in [9.17, 15) is 33.7 Å². The zero-order chi connectivity index (χ0) is 81.3. The highest BCUT2D eigenvalue weighted by molar-refractivity contribution is 7.90. The lowest BCUT2D eigenvalue weighted by molar-refractivity contribution is 0.294. The zero-order valence-electron chi connectivity index (χ0n) is 70.5. The number of aryl methyl sites for hydroxylation is 7. The van der Waals surface area contributed by atoms with Crippen LogP contribution in [0.3, 0.4) is 0 Å². The molecule has 1 fully saturated rings. The van der Waals surface area contributed by atoms with E-state index in [0.717, 1.165) is 76.3 Å². The Morgan fingerprint density at radius 2 is 0.736 bits per heavy atom. The van der Waals surface area contributed by atoms with Gasteiger partial charge in [0.1, 0.15) is 0 Å². The van der Waals surface area contributed by atoms with Crippen LogP contribution in [0, 0.1) is 48.5 Å². The highest BCUT2D eigenvalue weighted by atomic mass is 32.2. The molecule has 1 saturated carbocycles. The van der Waals surface area contributed by atoms with Crippen LogP contribution in [-0.4, -0.2) is 84.4 Å². The summed E-state index contributed by atoms with van der Waals surface area (Å²) in [6, 6.07) is 41.9. The second-order valence-electron chi connectivity index (χ2n) is 31.6. The number of hydrogen-bond donors (Lipinski definition) is 3. The van der Waals surface area contributed by atoms with Crippen LogP contribution in [-0.2, 0) is 45.5 Å². The van der Waals surface area contributed by atoms with Crippen molar-refractivity contribution >= 4 is 40.1 Å². The molecule has 592 valence electrons. The molecule has 0 bridgehead atoms. The second kappa shape index (κ2) is 43.2. The maximum Gasteiger partial charge on any atom is 0.242 e. The fourth-order valence-corrected chi connectivity index (χ4v) is 16.4. The minimum atomic E-state index is -3.38. The normalized spacial score (nSPS) is 12.5. The summed E-state index contributed by atoms with van der Waals surface area (Å²) in [6.07, 6.45) is 2.93. The van der Waals surface area contributed by atoms with Crippen LogP contribution >= 0.6 is 0 Å². The number of nitrogens with zero attached hydrogens (tertiary/aromatic N) is 1. The first kappa shape index (κ1) is 95.9. The van der Waals surface area contributed by atoms with Crippen LogP contribution < -0.4 is 23.6 Å². The van der Waals surface area contributed by atoms with E-state index in [0.29, 0.717) is 67.6 Å². The van der Waals surface area contributed by atoms with E-state index >= 15 is 0 Å². The fourth-order valence-electron chi connectivity index (χ4n) is 11.0. The Bertz CT molecular complexity index is 4290. The second-order valence-corrected chi connectivity index (χ2v) is 38.8. The molecular weight excluding hydrogens is 1400 g/mol. The summed E-state index contributed by atoms with van der Waals surface area (Å²) in [7, 11) is -8.58. The summed E-state index contributed by atoms with van der Waals surface area (Å²) in [5.74, 6) is 5.10. The summed E-state index contributed by atoms with van der Waals surface area (Å²) < 4.78 is 116. The van der Waals surface area contributed by atoms with Gasteiger partial charge < -0.3 is 9.47 Å². The molecule has 0 amide bonds. The van der Waals surface area contributed by atoms with E-state index in [4.69, 9.17) is 9.47 Å². The van der Waals surface area contributed by atoms with Crippen molar-refractivity contribution in [1.82, 2.24) is 18.5 Å². The third-order valence-electron chi connectivity index (χ3n) is 18.0. The molecule has 0 unspecified atom stereocenters. The molecule has 7 aromatic carbocycles. The standard InChI is InChI=1S/C14H22.C13H19NO2S.C13H21NO2S.C13H20O2.2C12H19NO2S.C11H16/c1-10(2)12-7-8-13(11(3)9-12)14(4,5)6;1-9(2)11-4-7-13(10(3)8-11)17(15,16)14-12-5-6-12;1-9(2)12-6-7-13(11(5)8-12)17(15,16)14-10(3)4;1-5-8-15-12-7-6-11(10(2)3)9-13(12)14-4;1-9(2)11-6-7-12(10(3)8-11)16(14,15)13(4)5;1-5-13-16(14,15)12-7-6-11(9(2)3)8-10(12)4;1-8(2)11-6-5-9(3)10(4)7-11/h7-10H,1-6H3;4,7-9,12,14H,5-6H2,1-3H3;6-10,14H,1-5H3;6-7,9-10H,5,8H2,1-4H3;6-9H,1-5H3;6-9,13H,5H2,1-4H3;5-8H,1-4H3. The van der Waals surface area contributed by atoms with Crippen molar-refractivity contribution in [3.8, 4) is 11.5 Å². The highest BCUT2D eigenvalue weighted by Crippen LogP contribution is 2.33. The first-order valence-electron chi connectivity index (χ1n) is 37.8. The molecule has 106 heavy (non-hydrogen) atoms. The number of nitrogens with one attached hydrogen (secondary N) is 3. The van der Waals surface area contributed by atoms with E-state index in [1.54, 1.807) is 52.4 Å². The van der Waals surface area contributed by atoms with Crippen molar-refractivity contribution in [2.45, 2.75) is 292 Å². The summed E-state index contributed by atoms with van der Waals surface area (Å²) in [5, 5.41) is 0. The number of hydrogen-bond acceptors (Lipinski definition) is 10. The lowest BCUT2D eigenvalue weighted by atomic mass is 9.83. The van der Waals surface area contributed by atoms with Crippen molar-refractivity contribution in [2.75, 3.05) is 34.4 Å². The summed E-state index contributed by atoms with van der Waals surface area (Å²) >= 11 is 0. The lowest BCUT2D eigenvalue weighted by Gasteiger charge is -2.22. The van der Waals surface area contributed by atoms with Gasteiger partial charge in [-0.3, -0.25) is 0 Å². The van der Waals surface area contributed by atoms with Crippen molar-refractivity contribution in [3.63, 3.8) is 0 Å². The number of ether oxygens (including phenoxy) is 2. The van der Waals surface area contributed by atoms with Gasteiger partial charge in [0.15, 0.2) is 11.5 Å². The Kier molecular flexibility index (Phi) is 39.1. The minimum Gasteiger partial charge on any atom is -0.493 e. The minimum absolute atomic E-state index is 0.0934. The average Bonchev–Trinajstić information content (AvgIpc) is 1.28. The van der Waals surface area contributed by atoms with E-state index in [1.807, 2.05) is 96.1 Å². The van der Waals surface area contributed by atoms with Crippen LogP contribution in [0.5, 0.6) is 11.5 Å². The predicted molar refractivity (Wildman–Crippen MR) is 448 cm³/mol. The maximum atomic E-state index is 12.1. The van der Waals surface area contributed by atoms with E-state index in [1.165, 1.54) is 48.8 Å². The molecule has 18 heteroatoms. The van der Waals surface area contributed by atoms with Gasteiger partial charge in [-0.25, -0.2) is 52.1 Å². The van der Waals surface area contributed by atoms with Crippen molar-refractivity contribution in [3.05, 3.63) is 211 Å². The average molecular weight is 1540 g/mol. The molecule has 0 radical (unpaired) electrons. The summed E-state index contributed by atoms with van der Waals surface area (Å²) in [5.41, 5.74) is 18.0. The SMILES string of the molecule is CCCOc1ccc(C(C)C)cc1OC.CCNS(=O)(=O)c1ccc(C(C)C)cc1C.Cc1cc(C(C)C)ccc1C(C)(C)C.Cc1cc(C(C)C)ccc1S(=O)(=O)N(C)C.Cc1cc(C(C)C)ccc1S(=O)(=O)NC(C)C.Cc1cc(C(C)C)ccc1S(=O)(=O)NC1CC1.Cc1ccc(C(C)C)cc1C. The van der Waals surface area contributed by atoms with Gasteiger partial charge in [0.25, 0.3) is 0 Å². The third-order valence-corrected chi connectivity index (χ3v) is 25.1. The molecule has 3 N–H and O–H groups in total. The molecule has 7 aromatic rings. The Morgan fingerprint density at radius 3 is 1.05 bits per heavy atom. The van der Waals surface area contributed by atoms with Crippen LogP contribution in [0.2, 0.25) is 0 Å². The molecule has 14 nitrogen and oxygen atoms in total. The van der Waals surface area contributed by atoms with Gasteiger partial charge >= 0.3 is 0 Å². The quantitative estimate of drug-likeness (QED) is 0.0588. The van der Waals surface area contributed by atoms with Crippen LogP contribution in [0.15, 0.2) is 147 Å². The van der Waals surface area contributed by atoms with Crippen LogP contribution in [0.25, 0.3) is 0 Å². The first-order valence-corrected chi connectivity index (χ1v) is 43.7. The zero-order valence-corrected chi connectivity index (χ0v) is 73.8. The molecule has 0 spiro atoms. The van der Waals surface area contributed by atoms with E-state index in [-0.39, 0.29) is 17.5 Å². The highest BCUT2D eigenvalue weighted by Gasteiger charge is 2.29. The molecule has 0 aliphatic heterocycles. The van der Waals surface area contributed by atoms with Crippen molar-refractivity contribution in [1.29, 1.82) is 0 Å². The van der Waals surface area contributed by atoms with Crippen molar-refractivity contribution < 1.29 is 43.1 Å². The van der Waals surface area contributed by atoms with Gasteiger partial charge in [-0.15, -0.1) is 0 Å². The molecule has 0 atom stereocenters.